The van der Waals surface area contributed by atoms with Gasteiger partial charge in [0.2, 0.25) is 0 Å². The molecule has 31 heavy (non-hydrogen) atoms. The molecule has 1 saturated heterocycles. The predicted octanol–water partition coefficient (Wildman–Crippen LogP) is 5.77. The fourth-order valence-electron chi connectivity index (χ4n) is 3.44. The van der Waals surface area contributed by atoms with E-state index in [1.807, 2.05) is 30.3 Å². The molecule has 1 aliphatic rings. The zero-order chi connectivity index (χ0) is 21.8. The van der Waals surface area contributed by atoms with Crippen LogP contribution in [0.4, 0.5) is 4.39 Å². The van der Waals surface area contributed by atoms with Gasteiger partial charge in [0.05, 0.1) is 13.2 Å². The Labute approximate surface area is 190 Å². The van der Waals surface area contributed by atoms with E-state index in [-0.39, 0.29) is 17.2 Å². The molecule has 0 spiro atoms. The van der Waals surface area contributed by atoms with Crippen molar-refractivity contribution >= 4 is 29.1 Å². The molecule has 4 rings (SSSR count). The minimum Gasteiger partial charge on any atom is -0.478 e. The Bertz CT molecular complexity index is 1070. The van der Waals surface area contributed by atoms with Crippen molar-refractivity contribution in [3.63, 3.8) is 0 Å². The summed E-state index contributed by atoms with van der Waals surface area (Å²) in [6, 6.07) is 18.6. The van der Waals surface area contributed by atoms with E-state index in [0.29, 0.717) is 41.9 Å². The first-order valence-electron chi connectivity index (χ1n) is 9.86. The van der Waals surface area contributed by atoms with Crippen LogP contribution in [0.2, 0.25) is 10.0 Å². The highest BCUT2D eigenvalue weighted by Crippen LogP contribution is 2.34. The topological polar surface area (TPSA) is 38.8 Å². The van der Waals surface area contributed by atoms with Crippen molar-refractivity contribution in [3.05, 3.63) is 99.3 Å². The molecule has 7 heteroatoms. The van der Waals surface area contributed by atoms with Crippen molar-refractivity contribution < 1.29 is 18.7 Å². The lowest BCUT2D eigenvalue weighted by Gasteiger charge is -2.27. The molecule has 1 unspecified atom stereocenters. The number of hydrogen-bond acceptors (Lipinski definition) is 3. The molecule has 1 heterocycles. The zero-order valence-corrected chi connectivity index (χ0v) is 18.1. The van der Waals surface area contributed by atoms with Crippen molar-refractivity contribution in [2.24, 2.45) is 0 Å². The highest BCUT2D eigenvalue weighted by atomic mass is 35.5. The second-order valence-electron chi connectivity index (χ2n) is 7.12. The van der Waals surface area contributed by atoms with Crippen LogP contribution >= 0.6 is 23.2 Å². The van der Waals surface area contributed by atoms with E-state index in [0.717, 1.165) is 5.56 Å². The van der Waals surface area contributed by atoms with Crippen LogP contribution in [0.15, 0.2) is 66.7 Å². The average molecular weight is 460 g/mol. The van der Waals surface area contributed by atoms with E-state index < -0.39 is 11.9 Å². The average Bonchev–Trinajstić information content (AvgIpc) is 2.80. The number of carbonyl (C=O) groups is 1. The van der Waals surface area contributed by atoms with E-state index in [4.69, 9.17) is 32.7 Å². The second-order valence-corrected chi connectivity index (χ2v) is 7.96. The standard InChI is InChI=1S/C24H20Cl2FNO3/c25-18-8-5-16(6-9-18)23(19-3-1-2-4-20(19)26)31-22-10-7-17(15-21(22)27)24(29)28-11-13-30-14-12-28/h1-10,15,23H,11-14H2. The fraction of sp³-hybridized carbons (Fsp3) is 0.208. The largest absolute Gasteiger partial charge is 0.478 e. The van der Waals surface area contributed by atoms with Crippen LogP contribution in [-0.4, -0.2) is 37.1 Å². The number of carbonyl (C=O) groups excluding carboxylic acids is 1. The van der Waals surface area contributed by atoms with Crippen LogP contribution in [0.3, 0.4) is 0 Å². The number of benzene rings is 3. The highest BCUT2D eigenvalue weighted by molar-refractivity contribution is 6.31. The second kappa shape index (κ2) is 9.69. The Morgan fingerprint density at radius 1 is 1.00 bits per heavy atom. The van der Waals surface area contributed by atoms with E-state index >= 15 is 0 Å². The zero-order valence-electron chi connectivity index (χ0n) is 16.6. The number of rotatable bonds is 5. The molecule has 4 nitrogen and oxygen atoms in total. The Kier molecular flexibility index (Phi) is 6.76. The minimum atomic E-state index is -0.652. The lowest BCUT2D eigenvalue weighted by Crippen LogP contribution is -2.40. The lowest BCUT2D eigenvalue weighted by molar-refractivity contribution is 0.0302. The molecular weight excluding hydrogens is 440 g/mol. The van der Waals surface area contributed by atoms with Gasteiger partial charge in [0.1, 0.15) is 0 Å². The summed E-state index contributed by atoms with van der Waals surface area (Å²) in [6.45, 7) is 1.94. The number of ether oxygens (including phenoxy) is 2. The molecule has 0 aliphatic carbocycles. The molecule has 0 saturated carbocycles. The summed E-state index contributed by atoms with van der Waals surface area (Å²) in [4.78, 5) is 14.3. The highest BCUT2D eigenvalue weighted by Gasteiger charge is 2.23. The molecular formula is C24H20Cl2FNO3. The van der Waals surface area contributed by atoms with Gasteiger partial charge in [-0.3, -0.25) is 4.79 Å². The van der Waals surface area contributed by atoms with Gasteiger partial charge in [-0.25, -0.2) is 4.39 Å². The van der Waals surface area contributed by atoms with Gasteiger partial charge in [-0.15, -0.1) is 0 Å². The van der Waals surface area contributed by atoms with Gasteiger partial charge < -0.3 is 14.4 Å². The molecule has 3 aromatic rings. The molecule has 1 fully saturated rings. The lowest BCUT2D eigenvalue weighted by atomic mass is 10.0. The summed E-state index contributed by atoms with van der Waals surface area (Å²) < 4.78 is 26.3. The SMILES string of the molecule is O=C(c1ccc(OC(c2ccc(Cl)cc2)c2ccccc2Cl)c(F)c1)N1CCOCC1. The smallest absolute Gasteiger partial charge is 0.254 e. The number of halogens is 3. The van der Waals surface area contributed by atoms with Crippen molar-refractivity contribution in [1.82, 2.24) is 4.90 Å². The summed E-state index contributed by atoms with van der Waals surface area (Å²) in [5.74, 6) is -0.822. The summed E-state index contributed by atoms with van der Waals surface area (Å²) in [7, 11) is 0. The number of amides is 1. The van der Waals surface area contributed by atoms with Crippen LogP contribution in [0, 0.1) is 5.82 Å². The maximum Gasteiger partial charge on any atom is 0.254 e. The predicted molar refractivity (Wildman–Crippen MR) is 118 cm³/mol. The van der Waals surface area contributed by atoms with Gasteiger partial charge in [0, 0.05) is 34.3 Å². The Balaban J connectivity index is 1.63. The van der Waals surface area contributed by atoms with E-state index in [2.05, 4.69) is 0 Å². The van der Waals surface area contributed by atoms with E-state index in [1.165, 1.54) is 12.1 Å². The van der Waals surface area contributed by atoms with Gasteiger partial charge in [-0.2, -0.15) is 0 Å². The first kappa shape index (κ1) is 21.6. The molecule has 3 aromatic carbocycles. The molecule has 1 amide bonds. The third-order valence-corrected chi connectivity index (χ3v) is 5.68. The van der Waals surface area contributed by atoms with Crippen molar-refractivity contribution in [1.29, 1.82) is 0 Å². The Hall–Kier alpha value is -2.60. The summed E-state index contributed by atoms with van der Waals surface area (Å²) >= 11 is 12.4. The van der Waals surface area contributed by atoms with Crippen molar-refractivity contribution in [2.45, 2.75) is 6.10 Å². The molecule has 0 aromatic heterocycles. The van der Waals surface area contributed by atoms with Gasteiger partial charge in [0.25, 0.3) is 5.91 Å². The third kappa shape index (κ3) is 5.01. The monoisotopic (exact) mass is 459 g/mol. The maximum atomic E-state index is 15.0. The fourth-order valence-corrected chi connectivity index (χ4v) is 3.80. The van der Waals surface area contributed by atoms with Crippen molar-refractivity contribution in [2.75, 3.05) is 26.3 Å². The van der Waals surface area contributed by atoms with Crippen LogP contribution in [0.5, 0.6) is 5.75 Å². The van der Waals surface area contributed by atoms with E-state index in [1.54, 1.807) is 29.2 Å². The molecule has 0 radical (unpaired) electrons. The first-order chi connectivity index (χ1) is 15.0. The maximum absolute atomic E-state index is 15.0. The molecule has 0 N–H and O–H groups in total. The molecule has 1 atom stereocenters. The van der Waals surface area contributed by atoms with E-state index in [9.17, 15) is 9.18 Å². The number of hydrogen-bond donors (Lipinski definition) is 0. The normalized spacial score (nSPS) is 14.9. The molecule has 0 bridgehead atoms. The quantitative estimate of drug-likeness (QED) is 0.485. The van der Waals surface area contributed by atoms with Crippen LogP contribution in [-0.2, 0) is 4.74 Å². The van der Waals surface area contributed by atoms with Crippen LogP contribution in [0.25, 0.3) is 0 Å². The van der Waals surface area contributed by atoms with Gasteiger partial charge >= 0.3 is 0 Å². The summed E-state index contributed by atoms with van der Waals surface area (Å²) in [5.41, 5.74) is 1.73. The third-order valence-electron chi connectivity index (χ3n) is 5.08. The Morgan fingerprint density at radius 2 is 1.71 bits per heavy atom. The molecule has 1 aliphatic heterocycles. The summed E-state index contributed by atoms with van der Waals surface area (Å²) in [6.07, 6.45) is -0.652. The first-order valence-corrected chi connectivity index (χ1v) is 10.6. The molecule has 160 valence electrons. The number of nitrogens with zero attached hydrogens (tertiary/aromatic N) is 1. The van der Waals surface area contributed by atoms with Gasteiger partial charge in [0.15, 0.2) is 17.7 Å². The minimum absolute atomic E-state index is 0.0263. The Morgan fingerprint density at radius 3 is 2.39 bits per heavy atom. The van der Waals surface area contributed by atoms with Crippen LogP contribution < -0.4 is 4.74 Å². The van der Waals surface area contributed by atoms with Gasteiger partial charge in [-0.05, 0) is 42.0 Å². The van der Waals surface area contributed by atoms with Gasteiger partial charge in [-0.1, -0.05) is 53.5 Å². The van der Waals surface area contributed by atoms with Crippen molar-refractivity contribution in [3.8, 4) is 5.75 Å². The van der Waals surface area contributed by atoms with Crippen LogP contribution in [0.1, 0.15) is 27.6 Å². The number of morpholine rings is 1. The summed E-state index contributed by atoms with van der Waals surface area (Å²) in [5, 5.41) is 1.08.